The number of likely N-dealkylation sites (N-methyl/N-ethyl adjacent to an activating group) is 1. The van der Waals surface area contributed by atoms with Gasteiger partial charge in [-0.3, -0.25) is 24.2 Å². The van der Waals surface area contributed by atoms with Crippen LogP contribution in [-0.4, -0.2) is 59.2 Å². The van der Waals surface area contributed by atoms with E-state index < -0.39 is 23.5 Å². The number of aromatic nitrogens is 1. The summed E-state index contributed by atoms with van der Waals surface area (Å²) in [5.41, 5.74) is -0.699. The summed E-state index contributed by atoms with van der Waals surface area (Å²) in [4.78, 5) is 55.6. The summed E-state index contributed by atoms with van der Waals surface area (Å²) in [7, 11) is 1.53. The van der Waals surface area contributed by atoms with Crippen LogP contribution in [0.4, 0.5) is 0 Å². The van der Waals surface area contributed by atoms with Gasteiger partial charge in [-0.05, 0) is 38.3 Å². The van der Waals surface area contributed by atoms with Gasteiger partial charge in [0, 0.05) is 26.2 Å². The Morgan fingerprint density at radius 2 is 2.14 bits per heavy atom. The van der Waals surface area contributed by atoms with Crippen molar-refractivity contribution < 1.29 is 19.2 Å². The van der Waals surface area contributed by atoms with Crippen LogP contribution in [0.25, 0.3) is 0 Å². The van der Waals surface area contributed by atoms with Gasteiger partial charge < -0.3 is 20.9 Å². The zero-order valence-corrected chi connectivity index (χ0v) is 16.0. The van der Waals surface area contributed by atoms with Gasteiger partial charge in [-0.15, -0.1) is 0 Å². The Morgan fingerprint density at radius 3 is 2.75 bits per heavy atom. The van der Waals surface area contributed by atoms with Crippen molar-refractivity contribution in [2.24, 2.45) is 0 Å². The molecule has 0 saturated carbocycles. The van der Waals surface area contributed by atoms with Crippen LogP contribution < -0.4 is 16.0 Å². The molecule has 0 aromatic carbocycles. The first kappa shape index (κ1) is 19.8. The monoisotopic (exact) mass is 387 g/mol. The Kier molecular flexibility index (Phi) is 5.62. The van der Waals surface area contributed by atoms with Crippen LogP contribution in [0, 0.1) is 0 Å². The summed E-state index contributed by atoms with van der Waals surface area (Å²) in [6, 6.07) is 3.80. The van der Waals surface area contributed by atoms with E-state index in [-0.39, 0.29) is 17.7 Å². The first-order valence-corrected chi connectivity index (χ1v) is 9.45. The van der Waals surface area contributed by atoms with E-state index >= 15 is 0 Å². The summed E-state index contributed by atoms with van der Waals surface area (Å²) < 4.78 is 0. The maximum Gasteiger partial charge on any atom is 0.252 e. The van der Waals surface area contributed by atoms with Crippen molar-refractivity contribution in [1.82, 2.24) is 25.8 Å². The van der Waals surface area contributed by atoms with Gasteiger partial charge in [0.2, 0.25) is 17.7 Å². The fraction of sp³-hybridized carbons (Fsp3) is 0.526. The van der Waals surface area contributed by atoms with Crippen LogP contribution in [-0.2, 0) is 24.7 Å². The smallest absolute Gasteiger partial charge is 0.252 e. The van der Waals surface area contributed by atoms with E-state index in [0.717, 1.165) is 0 Å². The SMILES string of the molecule is CNC(=O)[C@]1(c2ccccn2)CCCN1C(=O)[C@H](C)NC(=O)[C@@H]1CCC(=O)N1. The molecular formula is C19H25N5O4. The molecule has 2 aliphatic rings. The first-order valence-electron chi connectivity index (χ1n) is 9.45. The summed E-state index contributed by atoms with van der Waals surface area (Å²) in [5.74, 6) is -1.23. The van der Waals surface area contributed by atoms with Crippen molar-refractivity contribution in [3.05, 3.63) is 30.1 Å². The lowest BCUT2D eigenvalue weighted by Gasteiger charge is -2.37. The number of carbonyl (C=O) groups is 4. The molecule has 3 N–H and O–H groups in total. The average Bonchev–Trinajstić information content (AvgIpc) is 3.34. The quantitative estimate of drug-likeness (QED) is 0.625. The normalized spacial score (nSPS) is 25.1. The van der Waals surface area contributed by atoms with Crippen molar-refractivity contribution >= 4 is 23.6 Å². The number of nitrogens with zero attached hydrogens (tertiary/aromatic N) is 2. The number of hydrogen-bond acceptors (Lipinski definition) is 5. The van der Waals surface area contributed by atoms with Gasteiger partial charge in [0.25, 0.3) is 5.91 Å². The lowest BCUT2D eigenvalue weighted by atomic mass is 9.89. The highest BCUT2D eigenvalue weighted by Gasteiger charge is 2.52. The van der Waals surface area contributed by atoms with Crippen LogP contribution >= 0.6 is 0 Å². The van der Waals surface area contributed by atoms with Crippen LogP contribution in [0.1, 0.15) is 38.3 Å². The molecule has 1 aromatic heterocycles. The molecule has 3 atom stereocenters. The number of pyridine rings is 1. The molecule has 0 bridgehead atoms. The molecule has 28 heavy (non-hydrogen) atoms. The minimum absolute atomic E-state index is 0.174. The lowest BCUT2D eigenvalue weighted by molar-refractivity contribution is -0.147. The summed E-state index contributed by atoms with van der Waals surface area (Å²) in [5, 5.41) is 7.91. The first-order chi connectivity index (χ1) is 13.4. The lowest BCUT2D eigenvalue weighted by Crippen LogP contribution is -2.59. The minimum atomic E-state index is -1.20. The van der Waals surface area contributed by atoms with Gasteiger partial charge in [-0.25, -0.2) is 0 Å². The zero-order chi connectivity index (χ0) is 20.3. The highest BCUT2D eigenvalue weighted by atomic mass is 16.2. The fourth-order valence-electron chi connectivity index (χ4n) is 3.97. The van der Waals surface area contributed by atoms with Crippen LogP contribution in [0.3, 0.4) is 0 Å². The molecular weight excluding hydrogens is 362 g/mol. The van der Waals surface area contributed by atoms with Crippen molar-refractivity contribution in [2.45, 2.75) is 50.2 Å². The second-order valence-corrected chi connectivity index (χ2v) is 7.14. The average molecular weight is 387 g/mol. The zero-order valence-electron chi connectivity index (χ0n) is 16.0. The highest BCUT2D eigenvalue weighted by Crippen LogP contribution is 2.38. The number of carbonyl (C=O) groups excluding carboxylic acids is 4. The minimum Gasteiger partial charge on any atom is -0.357 e. The molecule has 4 amide bonds. The Labute approximate surface area is 163 Å². The van der Waals surface area contributed by atoms with Crippen molar-refractivity contribution in [1.29, 1.82) is 0 Å². The summed E-state index contributed by atoms with van der Waals surface area (Å²) in [6.07, 6.45) is 3.40. The number of amides is 4. The Morgan fingerprint density at radius 1 is 1.36 bits per heavy atom. The van der Waals surface area contributed by atoms with E-state index in [0.29, 0.717) is 37.9 Å². The number of rotatable bonds is 5. The largest absolute Gasteiger partial charge is 0.357 e. The second-order valence-electron chi connectivity index (χ2n) is 7.14. The van der Waals surface area contributed by atoms with Gasteiger partial charge >= 0.3 is 0 Å². The van der Waals surface area contributed by atoms with E-state index in [1.807, 2.05) is 0 Å². The third-order valence-corrected chi connectivity index (χ3v) is 5.38. The second kappa shape index (κ2) is 7.95. The van der Waals surface area contributed by atoms with Crippen LogP contribution in [0.2, 0.25) is 0 Å². The van der Waals surface area contributed by atoms with Gasteiger partial charge in [-0.2, -0.15) is 0 Å². The molecule has 0 aliphatic carbocycles. The maximum absolute atomic E-state index is 13.2. The van der Waals surface area contributed by atoms with E-state index in [1.165, 1.54) is 11.9 Å². The van der Waals surface area contributed by atoms with E-state index in [4.69, 9.17) is 0 Å². The Hall–Kier alpha value is -2.97. The fourth-order valence-corrected chi connectivity index (χ4v) is 3.97. The van der Waals surface area contributed by atoms with Crippen LogP contribution in [0.5, 0.6) is 0 Å². The van der Waals surface area contributed by atoms with Crippen molar-refractivity contribution in [2.75, 3.05) is 13.6 Å². The highest BCUT2D eigenvalue weighted by molar-refractivity contribution is 5.97. The topological polar surface area (TPSA) is 120 Å². The third kappa shape index (κ3) is 3.44. The molecule has 2 fully saturated rings. The summed E-state index contributed by atoms with van der Waals surface area (Å²) >= 11 is 0. The molecule has 2 aliphatic heterocycles. The Balaban J connectivity index is 1.81. The van der Waals surface area contributed by atoms with E-state index in [2.05, 4.69) is 20.9 Å². The molecule has 150 valence electrons. The van der Waals surface area contributed by atoms with Crippen molar-refractivity contribution in [3.8, 4) is 0 Å². The third-order valence-electron chi connectivity index (χ3n) is 5.38. The number of nitrogens with one attached hydrogen (secondary N) is 3. The maximum atomic E-state index is 13.2. The van der Waals surface area contributed by atoms with E-state index in [1.54, 1.807) is 31.3 Å². The molecule has 3 rings (SSSR count). The van der Waals surface area contributed by atoms with Gasteiger partial charge in [0.15, 0.2) is 5.54 Å². The van der Waals surface area contributed by atoms with Crippen LogP contribution in [0.15, 0.2) is 24.4 Å². The molecule has 0 radical (unpaired) electrons. The molecule has 0 spiro atoms. The number of likely N-dealkylation sites (tertiary alicyclic amines) is 1. The molecule has 9 heteroatoms. The molecule has 2 saturated heterocycles. The molecule has 1 aromatic rings. The predicted molar refractivity (Wildman–Crippen MR) is 99.7 cm³/mol. The van der Waals surface area contributed by atoms with Crippen molar-refractivity contribution in [3.63, 3.8) is 0 Å². The molecule has 9 nitrogen and oxygen atoms in total. The molecule has 3 heterocycles. The van der Waals surface area contributed by atoms with Gasteiger partial charge in [-0.1, -0.05) is 6.07 Å². The summed E-state index contributed by atoms with van der Waals surface area (Å²) in [6.45, 7) is 1.98. The van der Waals surface area contributed by atoms with E-state index in [9.17, 15) is 19.2 Å². The Bertz CT molecular complexity index is 784. The number of hydrogen-bond donors (Lipinski definition) is 3. The van der Waals surface area contributed by atoms with Gasteiger partial charge in [0.05, 0.1) is 5.69 Å². The van der Waals surface area contributed by atoms with Gasteiger partial charge in [0.1, 0.15) is 12.1 Å². The predicted octanol–water partition coefficient (Wildman–Crippen LogP) is -0.571. The standard InChI is InChI=1S/C19H25N5O4/c1-12(22-16(26)13-7-8-15(25)23-13)17(27)24-11-5-9-19(24,18(28)20-2)14-6-3-4-10-21-14/h3-4,6,10,12-13H,5,7-9,11H2,1-2H3,(H,20,28)(H,22,26)(H,23,25)/t12-,13-,19+/m0/s1. The molecule has 0 unspecified atom stereocenters.